The molecule has 0 fully saturated rings. The summed E-state index contributed by atoms with van der Waals surface area (Å²) in [6.07, 6.45) is 0. The number of imide groups is 1. The molecule has 0 unspecified atom stereocenters. The van der Waals surface area contributed by atoms with Crippen molar-refractivity contribution >= 4 is 35.1 Å². The lowest BCUT2D eigenvalue weighted by atomic mass is 10.1. The maximum atomic E-state index is 12.4. The van der Waals surface area contributed by atoms with Crippen molar-refractivity contribution in [3.8, 4) is 5.75 Å². The lowest BCUT2D eigenvalue weighted by molar-refractivity contribution is -0.134. The number of Topliss-reactive ketones (excluding diaryl/α,β-unsaturated/α-hetero) is 1. The lowest BCUT2D eigenvalue weighted by Gasteiger charge is -2.19. The van der Waals surface area contributed by atoms with Gasteiger partial charge in [-0.25, -0.2) is 0 Å². The van der Waals surface area contributed by atoms with E-state index in [1.54, 1.807) is 0 Å². The highest BCUT2D eigenvalue weighted by molar-refractivity contribution is 6.43. The van der Waals surface area contributed by atoms with Gasteiger partial charge >= 0.3 is 5.91 Å². The quantitative estimate of drug-likeness (QED) is 0.503. The molecule has 7 nitrogen and oxygen atoms in total. The summed E-state index contributed by atoms with van der Waals surface area (Å²) >= 11 is 5.76. The van der Waals surface area contributed by atoms with Crippen LogP contribution < -0.4 is 10.2 Å². The molecule has 0 aliphatic rings. The Morgan fingerprint density at radius 1 is 0.923 bits per heavy atom. The van der Waals surface area contributed by atoms with E-state index in [9.17, 15) is 19.2 Å². The molecular formula is C18H15ClN2O5. The first-order chi connectivity index (χ1) is 12.3. The summed E-state index contributed by atoms with van der Waals surface area (Å²) in [5.74, 6) is -3.04. The van der Waals surface area contributed by atoms with Crippen molar-refractivity contribution < 1.29 is 23.9 Å². The fraction of sp³-hybridized carbons (Fsp3) is 0.111. The molecule has 2 aromatic carbocycles. The predicted molar refractivity (Wildman–Crippen MR) is 93.8 cm³/mol. The number of ketones is 1. The minimum absolute atomic E-state index is 0.0887. The topological polar surface area (TPSA) is 92.8 Å². The molecule has 3 amide bonds. The van der Waals surface area contributed by atoms with E-state index in [0.29, 0.717) is 15.8 Å². The molecule has 134 valence electrons. The number of ether oxygens (including phenoxy) is 1. The number of nitrogens with zero attached hydrogens (tertiary/aromatic N) is 1. The van der Waals surface area contributed by atoms with Crippen molar-refractivity contribution in [3.63, 3.8) is 0 Å². The Morgan fingerprint density at radius 3 is 1.96 bits per heavy atom. The molecule has 0 radical (unpaired) electrons. The van der Waals surface area contributed by atoms with Crippen molar-refractivity contribution in [1.82, 2.24) is 10.4 Å². The molecule has 0 aliphatic heterocycles. The molecule has 0 heterocycles. The first-order valence-corrected chi connectivity index (χ1v) is 7.81. The number of benzene rings is 2. The molecule has 2 rings (SSSR count). The zero-order chi connectivity index (χ0) is 19.3. The van der Waals surface area contributed by atoms with Crippen LogP contribution >= 0.6 is 11.6 Å². The lowest BCUT2D eigenvalue weighted by Crippen LogP contribution is -2.51. The Morgan fingerprint density at radius 2 is 1.46 bits per heavy atom. The van der Waals surface area contributed by atoms with Gasteiger partial charge in [-0.05, 0) is 48.5 Å². The second-order valence-electron chi connectivity index (χ2n) is 5.17. The average Bonchev–Trinajstić information content (AvgIpc) is 2.65. The van der Waals surface area contributed by atoms with Gasteiger partial charge in [-0.2, -0.15) is 5.01 Å². The van der Waals surface area contributed by atoms with Crippen molar-refractivity contribution in [1.29, 1.82) is 0 Å². The Bertz CT molecular complexity index is 847. The van der Waals surface area contributed by atoms with Gasteiger partial charge in [-0.15, -0.1) is 0 Å². The van der Waals surface area contributed by atoms with Crippen LogP contribution in [0.3, 0.4) is 0 Å². The summed E-state index contributed by atoms with van der Waals surface area (Å²) < 4.78 is 4.98. The van der Waals surface area contributed by atoms with Gasteiger partial charge in [0.05, 0.1) is 7.11 Å². The van der Waals surface area contributed by atoms with E-state index in [2.05, 4.69) is 0 Å². The summed E-state index contributed by atoms with van der Waals surface area (Å²) in [6, 6.07) is 11.6. The number of carbonyl (C=O) groups excluding carboxylic acids is 4. The molecule has 0 aromatic heterocycles. The van der Waals surface area contributed by atoms with Gasteiger partial charge < -0.3 is 4.74 Å². The number of hydrogen-bond donors (Lipinski definition) is 1. The second-order valence-corrected chi connectivity index (χ2v) is 5.60. The molecule has 0 spiro atoms. The zero-order valence-electron chi connectivity index (χ0n) is 14.0. The van der Waals surface area contributed by atoms with E-state index >= 15 is 0 Å². The number of rotatable bonds is 4. The maximum Gasteiger partial charge on any atom is 0.311 e. The number of methoxy groups -OCH3 is 1. The van der Waals surface area contributed by atoms with Crippen LogP contribution in [0.2, 0.25) is 5.02 Å². The highest BCUT2D eigenvalue weighted by Gasteiger charge is 2.26. The van der Waals surface area contributed by atoms with Crippen LogP contribution in [0.1, 0.15) is 27.6 Å². The monoisotopic (exact) mass is 374 g/mol. The van der Waals surface area contributed by atoms with Gasteiger partial charge in [-0.1, -0.05) is 11.6 Å². The summed E-state index contributed by atoms with van der Waals surface area (Å²) in [6.45, 7) is 1.09. The highest BCUT2D eigenvalue weighted by Crippen LogP contribution is 2.13. The van der Waals surface area contributed by atoms with E-state index in [-0.39, 0.29) is 11.1 Å². The zero-order valence-corrected chi connectivity index (χ0v) is 14.7. The number of amides is 3. The smallest absolute Gasteiger partial charge is 0.311 e. The van der Waals surface area contributed by atoms with Crippen LogP contribution in [-0.2, 0) is 9.59 Å². The molecule has 0 aliphatic carbocycles. The van der Waals surface area contributed by atoms with Gasteiger partial charge in [0, 0.05) is 23.1 Å². The Labute approximate surface area is 154 Å². The van der Waals surface area contributed by atoms with Gasteiger partial charge in [0.2, 0.25) is 5.91 Å². The first kappa shape index (κ1) is 19.1. The number of hydrogen-bond acceptors (Lipinski definition) is 5. The SMILES string of the molecule is COc1ccc(C(=O)C(=O)NN(C(C)=O)C(=O)c2ccc(Cl)cc2)cc1. The van der Waals surface area contributed by atoms with Crippen LogP contribution in [0, 0.1) is 0 Å². The molecule has 8 heteroatoms. The maximum absolute atomic E-state index is 12.4. The van der Waals surface area contributed by atoms with Crippen LogP contribution in [-0.4, -0.2) is 35.6 Å². The summed E-state index contributed by atoms with van der Waals surface area (Å²) in [5.41, 5.74) is 2.25. The standard InChI is InChI=1S/C18H15ClN2O5/c1-11(22)21(18(25)13-3-7-14(19)8-4-13)20-17(24)16(23)12-5-9-15(26-2)10-6-12/h3-10H,1-2H3,(H,20,24). The van der Waals surface area contributed by atoms with Gasteiger partial charge in [-0.3, -0.25) is 24.6 Å². The average molecular weight is 375 g/mol. The number of nitrogens with one attached hydrogen (secondary N) is 1. The van der Waals surface area contributed by atoms with Gasteiger partial charge in [0.1, 0.15) is 5.75 Å². The predicted octanol–water partition coefficient (Wildman–Crippen LogP) is 2.25. The third-order valence-electron chi connectivity index (χ3n) is 3.38. The third kappa shape index (κ3) is 4.46. The normalized spacial score (nSPS) is 9.96. The Balaban J connectivity index is 2.16. The van der Waals surface area contributed by atoms with E-state index in [1.165, 1.54) is 55.6 Å². The first-order valence-electron chi connectivity index (χ1n) is 7.43. The van der Waals surface area contributed by atoms with Crippen LogP contribution in [0.15, 0.2) is 48.5 Å². The molecular weight excluding hydrogens is 360 g/mol. The largest absolute Gasteiger partial charge is 0.497 e. The molecule has 2 aromatic rings. The summed E-state index contributed by atoms with van der Waals surface area (Å²) in [5, 5.41) is 0.891. The highest BCUT2D eigenvalue weighted by atomic mass is 35.5. The number of hydrazine groups is 1. The molecule has 0 bridgehead atoms. The van der Waals surface area contributed by atoms with Crippen molar-refractivity contribution in [2.45, 2.75) is 6.92 Å². The summed E-state index contributed by atoms with van der Waals surface area (Å²) in [4.78, 5) is 48.5. The third-order valence-corrected chi connectivity index (χ3v) is 3.63. The van der Waals surface area contributed by atoms with E-state index in [0.717, 1.165) is 6.92 Å². The van der Waals surface area contributed by atoms with Crippen LogP contribution in [0.25, 0.3) is 0 Å². The minimum atomic E-state index is -1.12. The second kappa shape index (κ2) is 8.26. The minimum Gasteiger partial charge on any atom is -0.497 e. The molecule has 0 saturated carbocycles. The van der Waals surface area contributed by atoms with E-state index in [4.69, 9.17) is 16.3 Å². The van der Waals surface area contributed by atoms with Crippen LogP contribution in [0.5, 0.6) is 5.75 Å². The molecule has 1 N–H and O–H groups in total. The van der Waals surface area contributed by atoms with Crippen LogP contribution in [0.4, 0.5) is 0 Å². The molecule has 26 heavy (non-hydrogen) atoms. The van der Waals surface area contributed by atoms with Gasteiger partial charge in [0.25, 0.3) is 11.7 Å². The molecule has 0 atom stereocenters. The molecule has 0 saturated heterocycles. The fourth-order valence-electron chi connectivity index (χ4n) is 2.02. The van der Waals surface area contributed by atoms with Gasteiger partial charge in [0.15, 0.2) is 0 Å². The summed E-state index contributed by atoms with van der Waals surface area (Å²) in [7, 11) is 1.47. The van der Waals surface area contributed by atoms with E-state index < -0.39 is 23.5 Å². The Hall–Kier alpha value is -3.19. The number of carbonyl (C=O) groups is 4. The number of halogens is 1. The van der Waals surface area contributed by atoms with Crippen molar-refractivity contribution in [3.05, 3.63) is 64.7 Å². The van der Waals surface area contributed by atoms with E-state index in [1.807, 2.05) is 5.43 Å². The Kier molecular flexibility index (Phi) is 6.08. The van der Waals surface area contributed by atoms with Crippen molar-refractivity contribution in [2.75, 3.05) is 7.11 Å². The van der Waals surface area contributed by atoms with Crippen molar-refractivity contribution in [2.24, 2.45) is 0 Å². The fourth-order valence-corrected chi connectivity index (χ4v) is 2.15.